The van der Waals surface area contributed by atoms with Crippen LogP contribution in [0.25, 0.3) is 0 Å². The number of hydrogen-bond acceptors (Lipinski definition) is 1. The molecule has 40 valence electrons. The Morgan fingerprint density at radius 3 is 0.800 bits per heavy atom. The second-order valence-electron chi connectivity index (χ2n) is 0. The first-order valence-corrected chi connectivity index (χ1v) is 0. The van der Waals surface area contributed by atoms with Crippen molar-refractivity contribution in [3.05, 3.63) is 0 Å². The molecular weight excluding hydrogens is 296 g/mol. The minimum atomic E-state index is 0. The van der Waals surface area contributed by atoms with Crippen molar-refractivity contribution < 1.29 is 51.4 Å². The molecule has 0 unspecified atom stereocenters. The van der Waals surface area contributed by atoms with Crippen molar-refractivity contribution in [1.82, 2.24) is 6.15 Å². The molecule has 0 amide bonds. The van der Waals surface area contributed by atoms with E-state index in [0.29, 0.717) is 0 Å². The Hall–Kier alpha value is 1.19. The van der Waals surface area contributed by atoms with Crippen LogP contribution in [-0.2, 0) is 21.1 Å². The normalized spacial score (nSPS) is 0. The Labute approximate surface area is 57.7 Å². The third-order valence-electron chi connectivity index (χ3n) is 0. The van der Waals surface area contributed by atoms with E-state index in [1.54, 1.807) is 0 Å². The Morgan fingerprint density at radius 1 is 0.800 bits per heavy atom. The summed E-state index contributed by atoms with van der Waals surface area (Å²) in [7, 11) is 0. The van der Waals surface area contributed by atoms with E-state index in [-0.39, 0.29) is 57.5 Å². The van der Waals surface area contributed by atoms with Gasteiger partial charge in [-0.2, -0.15) is 0 Å². The molecule has 0 fully saturated rings. The van der Waals surface area contributed by atoms with Gasteiger partial charge in [-0.15, -0.1) is 0 Å². The monoisotopic (exact) mass is 300 g/mol. The van der Waals surface area contributed by atoms with Gasteiger partial charge in [0.25, 0.3) is 0 Å². The Kier molecular flexibility index (Phi) is 1520. The van der Waals surface area contributed by atoms with E-state index in [9.17, 15) is 0 Å². The molecule has 0 saturated carbocycles. The molecule has 0 aliphatic rings. The van der Waals surface area contributed by atoms with Gasteiger partial charge in [0.05, 0.1) is 0 Å². The Morgan fingerprint density at radius 2 is 0.800 bits per heavy atom. The second-order valence-corrected chi connectivity index (χ2v) is 0. The van der Waals surface area contributed by atoms with Gasteiger partial charge in [-0.25, -0.2) is 0 Å². The summed E-state index contributed by atoms with van der Waals surface area (Å²) < 4.78 is 0. The predicted octanol–water partition coefficient (Wildman–Crippen LogP) is -6.66. The third-order valence-corrected chi connectivity index (χ3v) is 0. The van der Waals surface area contributed by atoms with Crippen LogP contribution < -0.4 is 31.0 Å². The molecule has 0 aliphatic carbocycles. The Bertz CT molecular complexity index is 9.61. The SMILES string of the molecule is N.O.[Cl-].[Cl-].[Pt+2]. The van der Waals surface area contributed by atoms with Crippen molar-refractivity contribution in [3.63, 3.8) is 0 Å². The van der Waals surface area contributed by atoms with Crippen molar-refractivity contribution in [2.45, 2.75) is 0 Å². The molecule has 0 spiro atoms. The summed E-state index contributed by atoms with van der Waals surface area (Å²) in [6.07, 6.45) is 0. The molecule has 5 heteroatoms. The van der Waals surface area contributed by atoms with Crippen LogP contribution in [0.4, 0.5) is 0 Å². The zero-order valence-electron chi connectivity index (χ0n) is 2.28. The average molecular weight is 301 g/mol. The maximum Gasteiger partial charge on any atom is 2.00 e. The van der Waals surface area contributed by atoms with Gasteiger partial charge in [0.1, 0.15) is 0 Å². The smallest absolute Gasteiger partial charge is 1.00 e. The van der Waals surface area contributed by atoms with Crippen LogP contribution in [-0.4, -0.2) is 5.48 Å². The standard InChI is InChI=1S/2ClH.H3N.H2O.Pt/h2*1H;1H3;1H2;/q;;;;+2/p-2. The topological polar surface area (TPSA) is 66.5 Å². The maximum atomic E-state index is 0. The maximum absolute atomic E-state index is 0. The van der Waals surface area contributed by atoms with Crippen LogP contribution >= 0.6 is 0 Å². The van der Waals surface area contributed by atoms with Crippen molar-refractivity contribution in [2.24, 2.45) is 0 Å². The van der Waals surface area contributed by atoms with Crippen LogP contribution in [0.3, 0.4) is 0 Å². The van der Waals surface area contributed by atoms with Gasteiger partial charge in [0, 0.05) is 0 Å². The number of halogens is 2. The molecule has 0 radical (unpaired) electrons. The van der Waals surface area contributed by atoms with Crippen molar-refractivity contribution in [2.75, 3.05) is 0 Å². The summed E-state index contributed by atoms with van der Waals surface area (Å²) in [6, 6.07) is 0. The fraction of sp³-hybridized carbons (Fsp3) is 0. The zero-order valence-corrected chi connectivity index (χ0v) is 6.06. The minimum absolute atomic E-state index is 0. The van der Waals surface area contributed by atoms with E-state index in [1.165, 1.54) is 0 Å². The van der Waals surface area contributed by atoms with Crippen molar-refractivity contribution in [3.8, 4) is 0 Å². The van der Waals surface area contributed by atoms with E-state index < -0.39 is 0 Å². The van der Waals surface area contributed by atoms with Crippen LogP contribution in [0.2, 0.25) is 0 Å². The van der Waals surface area contributed by atoms with Gasteiger partial charge in [0.15, 0.2) is 0 Å². The van der Waals surface area contributed by atoms with Crippen LogP contribution in [0.1, 0.15) is 0 Å². The molecule has 5 heavy (non-hydrogen) atoms. The molecule has 2 nitrogen and oxygen atoms in total. The van der Waals surface area contributed by atoms with Gasteiger partial charge in [0.2, 0.25) is 0 Å². The van der Waals surface area contributed by atoms with E-state index in [4.69, 9.17) is 0 Å². The molecule has 0 aromatic rings. The fourth-order valence-electron chi connectivity index (χ4n) is 0. The summed E-state index contributed by atoms with van der Waals surface area (Å²) in [6.45, 7) is 0. The van der Waals surface area contributed by atoms with Crippen molar-refractivity contribution in [1.29, 1.82) is 0 Å². The van der Waals surface area contributed by atoms with Gasteiger partial charge >= 0.3 is 21.1 Å². The quantitative estimate of drug-likeness (QED) is 0.475. The first-order valence-electron chi connectivity index (χ1n) is 0. The summed E-state index contributed by atoms with van der Waals surface area (Å²) in [4.78, 5) is 0. The molecule has 0 aromatic carbocycles. The van der Waals surface area contributed by atoms with Gasteiger partial charge in [-0.05, 0) is 0 Å². The average Bonchev–Trinajstić information content (AvgIpc) is 0. The predicted molar refractivity (Wildman–Crippen MR) is 8.64 cm³/mol. The van der Waals surface area contributed by atoms with E-state index in [2.05, 4.69) is 0 Å². The minimum Gasteiger partial charge on any atom is -1.00 e. The number of rotatable bonds is 0. The molecule has 0 bridgehead atoms. The molecular formula is H5Cl2NOPt. The molecule has 0 atom stereocenters. The van der Waals surface area contributed by atoms with Crippen molar-refractivity contribution >= 4 is 0 Å². The Balaban J connectivity index is 0. The molecule has 0 aliphatic heterocycles. The zero-order chi connectivity index (χ0) is 0. The summed E-state index contributed by atoms with van der Waals surface area (Å²) >= 11 is 0. The van der Waals surface area contributed by atoms with Gasteiger partial charge in [-0.3, -0.25) is 0 Å². The second kappa shape index (κ2) is 64.5. The largest absolute Gasteiger partial charge is 2.00 e. The number of hydrogen-bond donors (Lipinski definition) is 1. The third kappa shape index (κ3) is 37.3. The van der Waals surface area contributed by atoms with Gasteiger partial charge < -0.3 is 36.4 Å². The van der Waals surface area contributed by atoms with Gasteiger partial charge in [-0.1, -0.05) is 0 Å². The molecule has 0 rings (SSSR count). The fourth-order valence-corrected chi connectivity index (χ4v) is 0. The van der Waals surface area contributed by atoms with E-state index in [1.807, 2.05) is 0 Å². The van der Waals surface area contributed by atoms with Crippen LogP contribution in [0.15, 0.2) is 0 Å². The van der Waals surface area contributed by atoms with E-state index >= 15 is 0 Å². The van der Waals surface area contributed by atoms with E-state index in [0.717, 1.165) is 0 Å². The molecule has 5 N–H and O–H groups in total. The molecule has 0 heterocycles. The first kappa shape index (κ1) is 118. The van der Waals surface area contributed by atoms with Crippen LogP contribution in [0.5, 0.6) is 0 Å². The van der Waals surface area contributed by atoms with Crippen LogP contribution in [0, 0.1) is 0 Å². The molecule has 0 saturated heterocycles. The first-order chi connectivity index (χ1) is 0. The molecule has 0 aromatic heterocycles. The summed E-state index contributed by atoms with van der Waals surface area (Å²) in [5.74, 6) is 0. The summed E-state index contributed by atoms with van der Waals surface area (Å²) in [5.41, 5.74) is 0. The summed E-state index contributed by atoms with van der Waals surface area (Å²) in [5, 5.41) is 0.